The molecule has 1 aliphatic heterocycles. The SMILES string of the molecule is Cc1oc(=O)oc1COC(=O)N1CCCCC1. The molecular formula is C11H15NO5. The van der Waals surface area contributed by atoms with Gasteiger partial charge in [-0.2, -0.15) is 0 Å². The molecule has 17 heavy (non-hydrogen) atoms. The van der Waals surface area contributed by atoms with E-state index in [1.165, 1.54) is 0 Å². The minimum atomic E-state index is -0.772. The molecular weight excluding hydrogens is 226 g/mol. The molecule has 1 fully saturated rings. The van der Waals surface area contributed by atoms with Crippen LogP contribution in [0.15, 0.2) is 13.6 Å². The van der Waals surface area contributed by atoms with Crippen LogP contribution in [0.2, 0.25) is 0 Å². The van der Waals surface area contributed by atoms with E-state index in [1.807, 2.05) is 0 Å². The normalized spacial score (nSPS) is 15.9. The van der Waals surface area contributed by atoms with Crippen LogP contribution in [0.1, 0.15) is 30.8 Å². The van der Waals surface area contributed by atoms with E-state index >= 15 is 0 Å². The molecule has 0 N–H and O–H groups in total. The molecule has 1 amide bonds. The fourth-order valence-electron chi connectivity index (χ4n) is 1.80. The van der Waals surface area contributed by atoms with Crippen LogP contribution in [0, 0.1) is 6.92 Å². The fourth-order valence-corrected chi connectivity index (χ4v) is 1.80. The summed E-state index contributed by atoms with van der Waals surface area (Å²) < 4.78 is 14.5. The zero-order chi connectivity index (χ0) is 12.3. The fraction of sp³-hybridized carbons (Fsp3) is 0.636. The van der Waals surface area contributed by atoms with E-state index < -0.39 is 5.82 Å². The number of piperidine rings is 1. The van der Waals surface area contributed by atoms with Crippen molar-refractivity contribution < 1.29 is 18.4 Å². The van der Waals surface area contributed by atoms with Crippen molar-refractivity contribution in [2.75, 3.05) is 13.1 Å². The predicted molar refractivity (Wildman–Crippen MR) is 57.6 cm³/mol. The van der Waals surface area contributed by atoms with E-state index in [1.54, 1.807) is 11.8 Å². The Bertz CT molecular complexity index is 441. The maximum Gasteiger partial charge on any atom is 0.519 e. The number of nitrogens with zero attached hydrogens (tertiary/aromatic N) is 1. The van der Waals surface area contributed by atoms with Gasteiger partial charge in [0.2, 0.25) is 0 Å². The van der Waals surface area contributed by atoms with Gasteiger partial charge >= 0.3 is 11.9 Å². The smallest absolute Gasteiger partial charge is 0.441 e. The van der Waals surface area contributed by atoms with Gasteiger partial charge in [-0.25, -0.2) is 9.59 Å². The molecule has 1 aromatic heterocycles. The number of rotatable bonds is 2. The molecule has 0 saturated carbocycles. The van der Waals surface area contributed by atoms with Crippen molar-refractivity contribution in [1.29, 1.82) is 0 Å². The molecule has 0 unspecified atom stereocenters. The van der Waals surface area contributed by atoms with Gasteiger partial charge in [0.05, 0.1) is 0 Å². The Balaban J connectivity index is 1.87. The van der Waals surface area contributed by atoms with Gasteiger partial charge in [0.1, 0.15) is 0 Å². The number of carbonyl (C=O) groups is 1. The maximum absolute atomic E-state index is 11.6. The van der Waals surface area contributed by atoms with Gasteiger partial charge < -0.3 is 18.5 Å². The number of likely N-dealkylation sites (tertiary alicyclic amines) is 1. The van der Waals surface area contributed by atoms with E-state index in [-0.39, 0.29) is 18.5 Å². The van der Waals surface area contributed by atoms with Crippen molar-refractivity contribution >= 4 is 6.09 Å². The van der Waals surface area contributed by atoms with Gasteiger partial charge in [0, 0.05) is 13.1 Å². The lowest BCUT2D eigenvalue weighted by Gasteiger charge is -2.25. The van der Waals surface area contributed by atoms with Gasteiger partial charge in [-0.1, -0.05) is 0 Å². The number of hydrogen-bond donors (Lipinski definition) is 0. The molecule has 1 aliphatic rings. The standard InChI is InChI=1S/C11H15NO5/c1-8-9(17-11(14)16-8)7-15-10(13)12-5-3-2-4-6-12/h2-7H2,1H3. The molecule has 0 atom stereocenters. The molecule has 0 aliphatic carbocycles. The number of hydrogen-bond acceptors (Lipinski definition) is 5. The van der Waals surface area contributed by atoms with Crippen molar-refractivity contribution in [1.82, 2.24) is 4.90 Å². The van der Waals surface area contributed by atoms with Crippen molar-refractivity contribution in [3.8, 4) is 0 Å². The minimum absolute atomic E-state index is 0.0626. The quantitative estimate of drug-likeness (QED) is 0.787. The summed E-state index contributed by atoms with van der Waals surface area (Å²) in [6.07, 6.45) is 2.80. The van der Waals surface area contributed by atoms with Crippen LogP contribution < -0.4 is 5.82 Å². The molecule has 2 heterocycles. The van der Waals surface area contributed by atoms with Crippen molar-refractivity contribution in [3.63, 3.8) is 0 Å². The van der Waals surface area contributed by atoms with E-state index in [9.17, 15) is 9.59 Å². The Morgan fingerprint density at radius 3 is 2.59 bits per heavy atom. The monoisotopic (exact) mass is 241 g/mol. The van der Waals surface area contributed by atoms with E-state index in [2.05, 4.69) is 4.42 Å². The summed E-state index contributed by atoms with van der Waals surface area (Å²) in [5.74, 6) is -0.159. The first-order valence-electron chi connectivity index (χ1n) is 5.68. The van der Waals surface area contributed by atoms with Gasteiger partial charge in [-0.05, 0) is 26.2 Å². The average Bonchev–Trinajstić information content (AvgIpc) is 2.66. The summed E-state index contributed by atoms with van der Waals surface area (Å²) in [6.45, 7) is 2.99. The maximum atomic E-state index is 11.6. The molecule has 1 saturated heterocycles. The van der Waals surface area contributed by atoms with Gasteiger partial charge in [-0.3, -0.25) is 0 Å². The third-order valence-corrected chi connectivity index (χ3v) is 2.78. The highest BCUT2D eigenvalue weighted by atomic mass is 16.6. The highest BCUT2D eigenvalue weighted by molar-refractivity contribution is 5.67. The summed E-state index contributed by atoms with van der Waals surface area (Å²) in [4.78, 5) is 24.1. The Hall–Kier alpha value is -1.72. The van der Waals surface area contributed by atoms with Crippen LogP contribution in [-0.4, -0.2) is 24.1 Å². The third-order valence-electron chi connectivity index (χ3n) is 2.78. The lowest BCUT2D eigenvalue weighted by atomic mass is 10.1. The predicted octanol–water partition coefficient (Wildman–Crippen LogP) is 1.66. The summed E-state index contributed by atoms with van der Waals surface area (Å²) in [6, 6.07) is 0. The second-order valence-electron chi connectivity index (χ2n) is 4.04. The molecule has 94 valence electrons. The number of aryl methyl sites for hydroxylation is 1. The first-order valence-corrected chi connectivity index (χ1v) is 5.68. The lowest BCUT2D eigenvalue weighted by Crippen LogP contribution is -2.35. The molecule has 0 bridgehead atoms. The summed E-state index contributed by atoms with van der Waals surface area (Å²) in [5.41, 5.74) is 0. The van der Waals surface area contributed by atoms with E-state index in [0.717, 1.165) is 32.4 Å². The van der Waals surface area contributed by atoms with Gasteiger partial charge in [0.25, 0.3) is 0 Å². The second-order valence-corrected chi connectivity index (χ2v) is 4.04. The van der Waals surface area contributed by atoms with Crippen LogP contribution in [0.5, 0.6) is 0 Å². The first-order chi connectivity index (χ1) is 8.16. The highest BCUT2D eigenvalue weighted by Crippen LogP contribution is 2.12. The lowest BCUT2D eigenvalue weighted by molar-refractivity contribution is 0.0831. The van der Waals surface area contributed by atoms with Crippen LogP contribution in [-0.2, 0) is 11.3 Å². The molecule has 6 nitrogen and oxygen atoms in total. The van der Waals surface area contributed by atoms with Gasteiger partial charge in [-0.15, -0.1) is 0 Å². The first kappa shape index (κ1) is 11.8. The highest BCUT2D eigenvalue weighted by Gasteiger charge is 2.19. The number of amides is 1. The summed E-state index contributed by atoms with van der Waals surface area (Å²) in [5, 5.41) is 0. The van der Waals surface area contributed by atoms with E-state index in [0.29, 0.717) is 5.76 Å². The van der Waals surface area contributed by atoms with Crippen LogP contribution in [0.25, 0.3) is 0 Å². The third kappa shape index (κ3) is 2.89. The molecule has 0 radical (unpaired) electrons. The Morgan fingerprint density at radius 2 is 2.00 bits per heavy atom. The van der Waals surface area contributed by atoms with Gasteiger partial charge in [0.15, 0.2) is 18.1 Å². The zero-order valence-electron chi connectivity index (χ0n) is 9.73. The molecule has 0 spiro atoms. The second kappa shape index (κ2) is 5.07. The molecule has 0 aromatic carbocycles. The van der Waals surface area contributed by atoms with E-state index in [4.69, 9.17) is 9.15 Å². The van der Waals surface area contributed by atoms with Crippen LogP contribution >= 0.6 is 0 Å². The number of carbonyl (C=O) groups excluding carboxylic acids is 1. The van der Waals surface area contributed by atoms with Crippen LogP contribution in [0.3, 0.4) is 0 Å². The van der Waals surface area contributed by atoms with Crippen molar-refractivity contribution in [3.05, 3.63) is 22.1 Å². The van der Waals surface area contributed by atoms with Crippen LogP contribution in [0.4, 0.5) is 4.79 Å². The zero-order valence-corrected chi connectivity index (χ0v) is 9.73. The number of ether oxygens (including phenoxy) is 1. The molecule has 6 heteroatoms. The Labute approximate surface area is 98.1 Å². The topological polar surface area (TPSA) is 72.9 Å². The molecule has 2 rings (SSSR count). The molecule has 1 aromatic rings. The Kier molecular flexibility index (Phi) is 3.51. The largest absolute Gasteiger partial charge is 0.519 e. The van der Waals surface area contributed by atoms with Crippen molar-refractivity contribution in [2.24, 2.45) is 0 Å². The summed E-state index contributed by atoms with van der Waals surface area (Å²) >= 11 is 0. The Morgan fingerprint density at radius 1 is 1.29 bits per heavy atom. The van der Waals surface area contributed by atoms with Crippen molar-refractivity contribution in [2.45, 2.75) is 32.8 Å². The summed E-state index contributed by atoms with van der Waals surface area (Å²) in [7, 11) is 0. The average molecular weight is 241 g/mol. The minimum Gasteiger partial charge on any atom is -0.441 e.